The minimum absolute atomic E-state index is 0.193. The van der Waals surface area contributed by atoms with Crippen LogP contribution in [-0.2, 0) is 12.5 Å². The Labute approximate surface area is 91.4 Å². The van der Waals surface area contributed by atoms with Crippen molar-refractivity contribution >= 4 is 10.8 Å². The maximum atomic E-state index is 2.26. The second kappa shape index (κ2) is 3.34. The summed E-state index contributed by atoms with van der Waals surface area (Å²) in [6.07, 6.45) is 4.40. The molecule has 0 N–H and O–H groups in total. The van der Waals surface area contributed by atoms with Crippen molar-refractivity contribution in [2.45, 2.75) is 26.2 Å². The molecule has 1 heteroatoms. The molecule has 1 aromatic carbocycles. The molecule has 0 atom stereocenters. The van der Waals surface area contributed by atoms with E-state index in [0.717, 1.165) is 0 Å². The highest BCUT2D eigenvalue weighted by molar-refractivity contribution is 5.84. The highest BCUT2D eigenvalue weighted by atomic mass is 14.9. The van der Waals surface area contributed by atoms with E-state index < -0.39 is 0 Å². The molecule has 1 nitrogen and oxygen atoms in total. The minimum Gasteiger partial charge on any atom is -0.207 e. The van der Waals surface area contributed by atoms with Gasteiger partial charge in [-0.1, -0.05) is 39.0 Å². The van der Waals surface area contributed by atoms with Gasteiger partial charge < -0.3 is 0 Å². The molecule has 2 aromatic rings. The number of hydrogen-bond donors (Lipinski definition) is 0. The number of aromatic nitrogens is 1. The molecule has 0 saturated carbocycles. The van der Waals surface area contributed by atoms with Crippen LogP contribution in [0.4, 0.5) is 0 Å². The molecule has 1 aromatic heterocycles. The van der Waals surface area contributed by atoms with Crippen LogP contribution in [-0.4, -0.2) is 0 Å². The predicted octanol–water partition coefficient (Wildman–Crippen LogP) is 2.96. The summed E-state index contributed by atoms with van der Waals surface area (Å²) in [7, 11) is 2.08. The van der Waals surface area contributed by atoms with E-state index in [4.69, 9.17) is 0 Å². The molecule has 0 bridgehead atoms. The Hall–Kier alpha value is -1.37. The van der Waals surface area contributed by atoms with E-state index in [0.29, 0.717) is 0 Å². The van der Waals surface area contributed by atoms with E-state index in [1.807, 2.05) is 0 Å². The molecule has 0 unspecified atom stereocenters. The summed E-state index contributed by atoms with van der Waals surface area (Å²) in [4.78, 5) is 0. The second-order valence-electron chi connectivity index (χ2n) is 5.17. The lowest BCUT2D eigenvalue weighted by Crippen LogP contribution is -2.30. The van der Waals surface area contributed by atoms with E-state index in [2.05, 4.69) is 69.0 Å². The van der Waals surface area contributed by atoms with Gasteiger partial charge >= 0.3 is 0 Å². The zero-order chi connectivity index (χ0) is 11.1. The van der Waals surface area contributed by atoms with Gasteiger partial charge in [-0.3, -0.25) is 0 Å². The molecule has 0 saturated heterocycles. The summed E-state index contributed by atoms with van der Waals surface area (Å²) in [5.74, 6) is 0. The van der Waals surface area contributed by atoms with Crippen molar-refractivity contribution in [3.05, 3.63) is 42.2 Å². The minimum atomic E-state index is 0.193. The van der Waals surface area contributed by atoms with Gasteiger partial charge in [-0.15, -0.1) is 0 Å². The topological polar surface area (TPSA) is 3.88 Å². The number of hydrogen-bond acceptors (Lipinski definition) is 0. The normalized spacial score (nSPS) is 12.0. The van der Waals surface area contributed by atoms with Crippen LogP contribution in [0.1, 0.15) is 26.3 Å². The third-order valence-corrected chi connectivity index (χ3v) is 2.73. The molecule has 0 spiro atoms. The first-order chi connectivity index (χ1) is 6.98. The summed E-state index contributed by atoms with van der Waals surface area (Å²) in [6, 6.07) is 8.58. The Balaban J connectivity index is 2.83. The third-order valence-electron chi connectivity index (χ3n) is 2.73. The Bertz CT molecular complexity index is 492. The quantitative estimate of drug-likeness (QED) is 0.576. The Morgan fingerprint density at radius 3 is 2.33 bits per heavy atom. The van der Waals surface area contributed by atoms with Crippen molar-refractivity contribution in [3.8, 4) is 0 Å². The number of fused-ring (bicyclic) bond motifs is 1. The van der Waals surface area contributed by atoms with Gasteiger partial charge in [-0.25, -0.2) is 4.57 Å². The van der Waals surface area contributed by atoms with Gasteiger partial charge in [0.05, 0.1) is 0 Å². The first-order valence-corrected chi connectivity index (χ1v) is 5.37. The van der Waals surface area contributed by atoms with Crippen molar-refractivity contribution in [3.63, 3.8) is 0 Å². The highest BCUT2D eigenvalue weighted by Crippen LogP contribution is 2.27. The lowest BCUT2D eigenvalue weighted by Gasteiger charge is -2.19. The van der Waals surface area contributed by atoms with Gasteiger partial charge in [-0.05, 0) is 16.9 Å². The summed E-state index contributed by atoms with van der Waals surface area (Å²) in [6.45, 7) is 6.78. The van der Waals surface area contributed by atoms with Crippen molar-refractivity contribution in [1.82, 2.24) is 0 Å². The van der Waals surface area contributed by atoms with Crippen LogP contribution < -0.4 is 4.57 Å². The highest BCUT2D eigenvalue weighted by Gasteiger charge is 2.20. The number of rotatable bonds is 0. The lowest BCUT2D eigenvalue weighted by molar-refractivity contribution is -0.670. The standard InChI is InChI=1S/C14H18N/c1-14(2,3)13-10-15(4)9-11-7-5-6-8-12(11)13/h5-10H,1-4H3/q+1. The molecule has 78 valence electrons. The van der Waals surface area contributed by atoms with Crippen LogP contribution in [0.25, 0.3) is 10.8 Å². The average molecular weight is 200 g/mol. The molecule has 0 amide bonds. The fourth-order valence-corrected chi connectivity index (χ4v) is 1.98. The van der Waals surface area contributed by atoms with E-state index >= 15 is 0 Å². The van der Waals surface area contributed by atoms with Gasteiger partial charge in [0.25, 0.3) is 0 Å². The number of benzene rings is 1. The van der Waals surface area contributed by atoms with E-state index in [9.17, 15) is 0 Å². The summed E-state index contributed by atoms with van der Waals surface area (Å²) < 4.78 is 2.14. The maximum absolute atomic E-state index is 2.26. The zero-order valence-corrected chi connectivity index (χ0v) is 9.91. The van der Waals surface area contributed by atoms with Crippen LogP contribution in [0.2, 0.25) is 0 Å². The molecule has 0 fully saturated rings. The molecular formula is C14H18N+. The second-order valence-corrected chi connectivity index (χ2v) is 5.17. The van der Waals surface area contributed by atoms with Gasteiger partial charge in [0.15, 0.2) is 12.4 Å². The van der Waals surface area contributed by atoms with Gasteiger partial charge in [0.2, 0.25) is 0 Å². The largest absolute Gasteiger partial charge is 0.207 e. The van der Waals surface area contributed by atoms with Crippen LogP contribution in [0.15, 0.2) is 36.7 Å². The Morgan fingerprint density at radius 2 is 1.67 bits per heavy atom. The molecule has 0 aliphatic rings. The molecule has 2 rings (SSSR count). The van der Waals surface area contributed by atoms with E-state index in [1.165, 1.54) is 16.3 Å². The van der Waals surface area contributed by atoms with Crippen molar-refractivity contribution < 1.29 is 4.57 Å². The van der Waals surface area contributed by atoms with Crippen LogP contribution in [0.5, 0.6) is 0 Å². The van der Waals surface area contributed by atoms with E-state index in [-0.39, 0.29) is 5.41 Å². The first kappa shape index (κ1) is 10.2. The van der Waals surface area contributed by atoms with Crippen molar-refractivity contribution in [1.29, 1.82) is 0 Å². The molecule has 1 heterocycles. The fraction of sp³-hybridized carbons (Fsp3) is 0.357. The lowest BCUT2D eigenvalue weighted by atomic mass is 9.85. The molecular weight excluding hydrogens is 182 g/mol. The summed E-state index contributed by atoms with van der Waals surface area (Å²) in [5, 5.41) is 2.68. The fourth-order valence-electron chi connectivity index (χ4n) is 1.98. The summed E-state index contributed by atoms with van der Waals surface area (Å²) in [5.41, 5.74) is 1.60. The SMILES string of the molecule is C[n+]1cc(C(C)(C)C)c2ccccc2c1. The van der Waals surface area contributed by atoms with Crippen molar-refractivity contribution in [2.75, 3.05) is 0 Å². The Morgan fingerprint density at radius 1 is 1.00 bits per heavy atom. The Kier molecular flexibility index (Phi) is 2.26. The monoisotopic (exact) mass is 200 g/mol. The number of pyridine rings is 1. The first-order valence-electron chi connectivity index (χ1n) is 5.37. The average Bonchev–Trinajstić information content (AvgIpc) is 2.15. The smallest absolute Gasteiger partial charge is 0.176 e. The molecule has 0 radical (unpaired) electrons. The molecule has 0 aliphatic heterocycles. The van der Waals surface area contributed by atoms with Crippen LogP contribution in [0.3, 0.4) is 0 Å². The third kappa shape index (κ3) is 1.87. The van der Waals surface area contributed by atoms with Gasteiger partial charge in [-0.2, -0.15) is 0 Å². The van der Waals surface area contributed by atoms with Crippen LogP contribution >= 0.6 is 0 Å². The van der Waals surface area contributed by atoms with Gasteiger partial charge in [0.1, 0.15) is 7.05 Å². The van der Waals surface area contributed by atoms with E-state index in [1.54, 1.807) is 0 Å². The molecule has 0 aliphatic carbocycles. The van der Waals surface area contributed by atoms with Crippen molar-refractivity contribution in [2.24, 2.45) is 7.05 Å². The van der Waals surface area contributed by atoms with Crippen LogP contribution in [0, 0.1) is 0 Å². The predicted molar refractivity (Wildman–Crippen MR) is 63.8 cm³/mol. The summed E-state index contributed by atoms with van der Waals surface area (Å²) >= 11 is 0. The number of aryl methyl sites for hydroxylation is 1. The zero-order valence-electron chi connectivity index (χ0n) is 9.91. The molecule has 15 heavy (non-hydrogen) atoms. The van der Waals surface area contributed by atoms with Gasteiger partial charge in [0, 0.05) is 10.9 Å². The maximum Gasteiger partial charge on any atom is 0.176 e. The number of nitrogens with zero attached hydrogens (tertiary/aromatic N) is 1.